The maximum absolute atomic E-state index is 12.4. The van der Waals surface area contributed by atoms with E-state index in [4.69, 9.17) is 18.0 Å². The van der Waals surface area contributed by atoms with Gasteiger partial charge in [-0.15, -0.1) is 0 Å². The lowest BCUT2D eigenvalue weighted by Gasteiger charge is -2.40. The molecule has 0 bridgehead atoms. The van der Waals surface area contributed by atoms with Crippen LogP contribution in [-0.4, -0.2) is 28.9 Å². The summed E-state index contributed by atoms with van der Waals surface area (Å²) in [5, 5.41) is 0. The maximum Gasteiger partial charge on any atom is 0.232 e. The van der Waals surface area contributed by atoms with Crippen molar-refractivity contribution in [1.29, 1.82) is 0 Å². The van der Waals surface area contributed by atoms with E-state index >= 15 is 0 Å². The van der Waals surface area contributed by atoms with Crippen LogP contribution in [0.25, 0.3) is 0 Å². The molecule has 0 spiro atoms. The summed E-state index contributed by atoms with van der Waals surface area (Å²) in [6.45, 7) is 10.1. The lowest BCUT2D eigenvalue weighted by molar-refractivity contribution is -0.137. The van der Waals surface area contributed by atoms with E-state index in [1.54, 1.807) is 0 Å². The molecule has 0 aromatic carbocycles. The minimum absolute atomic E-state index is 0.111. The largest absolute Gasteiger partial charge is 0.393 e. The van der Waals surface area contributed by atoms with E-state index in [9.17, 15) is 4.79 Å². The second-order valence-corrected chi connectivity index (χ2v) is 6.62. The second kappa shape index (κ2) is 5.34. The van der Waals surface area contributed by atoms with Crippen molar-refractivity contribution in [1.82, 2.24) is 4.90 Å². The SMILES string of the molecule is CC(C)C(C(=O)N1CCCC(C)(C)C1)C(N)=S. The molecule has 2 N–H and O–H groups in total. The molecule has 0 aromatic heterocycles. The van der Waals surface area contributed by atoms with Gasteiger partial charge >= 0.3 is 0 Å². The number of hydrogen-bond acceptors (Lipinski definition) is 2. The maximum atomic E-state index is 12.4. The number of thiocarbonyl (C=S) groups is 1. The van der Waals surface area contributed by atoms with Crippen molar-refractivity contribution in [2.45, 2.75) is 40.5 Å². The van der Waals surface area contributed by atoms with E-state index in [1.165, 1.54) is 6.42 Å². The third kappa shape index (κ3) is 3.66. The highest BCUT2D eigenvalue weighted by Gasteiger charge is 2.34. The summed E-state index contributed by atoms with van der Waals surface area (Å²) in [5.74, 6) is -0.0239. The van der Waals surface area contributed by atoms with Gasteiger partial charge in [-0.3, -0.25) is 4.79 Å². The Hall–Kier alpha value is -0.640. The van der Waals surface area contributed by atoms with Gasteiger partial charge < -0.3 is 10.6 Å². The van der Waals surface area contributed by atoms with Gasteiger partial charge in [-0.1, -0.05) is 39.9 Å². The Balaban J connectivity index is 2.77. The van der Waals surface area contributed by atoms with E-state index in [2.05, 4.69) is 13.8 Å². The van der Waals surface area contributed by atoms with Crippen molar-refractivity contribution in [3.8, 4) is 0 Å². The number of hydrogen-bond donors (Lipinski definition) is 1. The molecule has 1 unspecified atom stereocenters. The van der Waals surface area contributed by atoms with E-state index in [-0.39, 0.29) is 23.2 Å². The van der Waals surface area contributed by atoms with Crippen molar-refractivity contribution in [2.24, 2.45) is 23.0 Å². The lowest BCUT2D eigenvalue weighted by atomic mass is 9.83. The van der Waals surface area contributed by atoms with Gasteiger partial charge in [0.25, 0.3) is 0 Å². The summed E-state index contributed by atoms with van der Waals surface area (Å²) < 4.78 is 0. The first-order valence-electron chi connectivity index (χ1n) is 6.33. The van der Waals surface area contributed by atoms with Gasteiger partial charge in [-0.25, -0.2) is 0 Å². The molecule has 4 heteroatoms. The van der Waals surface area contributed by atoms with Gasteiger partial charge in [-0.2, -0.15) is 0 Å². The first kappa shape index (κ1) is 14.4. The van der Waals surface area contributed by atoms with Crippen LogP contribution in [0.4, 0.5) is 0 Å². The van der Waals surface area contributed by atoms with Crippen molar-refractivity contribution < 1.29 is 4.79 Å². The first-order valence-corrected chi connectivity index (χ1v) is 6.73. The van der Waals surface area contributed by atoms with Crippen molar-refractivity contribution >= 4 is 23.1 Å². The fourth-order valence-corrected chi connectivity index (χ4v) is 2.92. The van der Waals surface area contributed by atoms with Gasteiger partial charge in [0.1, 0.15) is 0 Å². The fourth-order valence-electron chi connectivity index (χ4n) is 2.54. The number of nitrogens with two attached hydrogens (primary N) is 1. The molecule has 1 fully saturated rings. The predicted molar refractivity (Wildman–Crippen MR) is 74.7 cm³/mol. The highest BCUT2D eigenvalue weighted by molar-refractivity contribution is 7.80. The van der Waals surface area contributed by atoms with Crippen molar-refractivity contribution in [2.75, 3.05) is 13.1 Å². The molecule has 17 heavy (non-hydrogen) atoms. The molecule has 1 rings (SSSR count). The Morgan fingerprint density at radius 2 is 2.00 bits per heavy atom. The van der Waals surface area contributed by atoms with E-state index in [1.807, 2.05) is 18.7 Å². The number of rotatable bonds is 3. The molecule has 1 aliphatic heterocycles. The average molecular weight is 256 g/mol. The third-order valence-electron chi connectivity index (χ3n) is 3.45. The summed E-state index contributed by atoms with van der Waals surface area (Å²) in [5.41, 5.74) is 5.91. The Labute approximate surface area is 110 Å². The van der Waals surface area contributed by atoms with Gasteiger partial charge in [-0.05, 0) is 24.2 Å². The summed E-state index contributed by atoms with van der Waals surface area (Å²) >= 11 is 5.03. The smallest absolute Gasteiger partial charge is 0.232 e. The zero-order valence-corrected chi connectivity index (χ0v) is 12.1. The first-order chi connectivity index (χ1) is 7.74. The van der Waals surface area contributed by atoms with Crippen LogP contribution < -0.4 is 5.73 Å². The van der Waals surface area contributed by atoms with E-state index in [0.717, 1.165) is 19.5 Å². The molecule has 1 atom stereocenters. The molecule has 3 nitrogen and oxygen atoms in total. The summed E-state index contributed by atoms with van der Waals surface area (Å²) in [6.07, 6.45) is 2.25. The molecule has 0 aliphatic carbocycles. The van der Waals surface area contributed by atoms with Gasteiger partial charge in [0, 0.05) is 13.1 Å². The topological polar surface area (TPSA) is 46.3 Å². The summed E-state index contributed by atoms with van der Waals surface area (Å²) in [6, 6.07) is 0. The second-order valence-electron chi connectivity index (χ2n) is 6.15. The Bertz CT molecular complexity index is 313. The summed E-state index contributed by atoms with van der Waals surface area (Å²) in [4.78, 5) is 14.7. The van der Waals surface area contributed by atoms with Gasteiger partial charge in [0.05, 0.1) is 10.9 Å². The van der Waals surface area contributed by atoms with E-state index < -0.39 is 0 Å². The molecule has 1 aliphatic rings. The standard InChI is InChI=1S/C13H24N2OS/c1-9(2)10(11(14)17)12(16)15-7-5-6-13(3,4)8-15/h9-10H,5-8H2,1-4H3,(H2,14,17). The zero-order valence-electron chi connectivity index (χ0n) is 11.3. The minimum atomic E-state index is -0.307. The monoisotopic (exact) mass is 256 g/mol. The lowest BCUT2D eigenvalue weighted by Crippen LogP contribution is -2.49. The van der Waals surface area contributed by atoms with Gasteiger partial charge in [0.15, 0.2) is 0 Å². The third-order valence-corrected chi connectivity index (χ3v) is 3.71. The molecule has 0 aromatic rings. The van der Waals surface area contributed by atoms with Crippen LogP contribution >= 0.6 is 12.2 Å². The van der Waals surface area contributed by atoms with Crippen LogP contribution in [0.1, 0.15) is 40.5 Å². The Kier molecular flexibility index (Phi) is 4.53. The van der Waals surface area contributed by atoms with Crippen molar-refractivity contribution in [3.05, 3.63) is 0 Å². The Morgan fingerprint density at radius 3 is 2.41 bits per heavy atom. The van der Waals surface area contributed by atoms with Crippen LogP contribution in [0, 0.1) is 17.3 Å². The van der Waals surface area contributed by atoms with Gasteiger partial charge in [0.2, 0.25) is 5.91 Å². The molecular formula is C13H24N2OS. The number of piperidine rings is 1. The summed E-state index contributed by atoms with van der Waals surface area (Å²) in [7, 11) is 0. The molecule has 1 amide bonds. The molecule has 1 heterocycles. The average Bonchev–Trinajstić information content (AvgIpc) is 2.14. The van der Waals surface area contributed by atoms with E-state index in [0.29, 0.717) is 4.99 Å². The normalized spacial score (nSPS) is 21.4. The Morgan fingerprint density at radius 1 is 1.41 bits per heavy atom. The van der Waals surface area contributed by atoms with Crippen LogP contribution in [0.3, 0.4) is 0 Å². The number of nitrogens with zero attached hydrogens (tertiary/aromatic N) is 1. The van der Waals surface area contributed by atoms with Crippen LogP contribution in [0.2, 0.25) is 0 Å². The number of amides is 1. The molecule has 1 saturated heterocycles. The molecular weight excluding hydrogens is 232 g/mol. The van der Waals surface area contributed by atoms with Crippen LogP contribution in [0.15, 0.2) is 0 Å². The molecule has 0 radical (unpaired) electrons. The van der Waals surface area contributed by atoms with Crippen molar-refractivity contribution in [3.63, 3.8) is 0 Å². The number of likely N-dealkylation sites (tertiary alicyclic amines) is 1. The number of carbonyl (C=O) groups excluding carboxylic acids is 1. The molecule has 0 saturated carbocycles. The highest BCUT2D eigenvalue weighted by atomic mass is 32.1. The fraction of sp³-hybridized carbons (Fsp3) is 0.846. The quantitative estimate of drug-likeness (QED) is 0.787. The minimum Gasteiger partial charge on any atom is -0.393 e. The predicted octanol–water partition coefficient (Wildman–Crippen LogP) is 2.19. The van der Waals surface area contributed by atoms with Crippen LogP contribution in [0.5, 0.6) is 0 Å². The van der Waals surface area contributed by atoms with Crippen LogP contribution in [-0.2, 0) is 4.79 Å². The zero-order chi connectivity index (χ0) is 13.2. The molecule has 98 valence electrons. The highest BCUT2D eigenvalue weighted by Crippen LogP contribution is 2.30. The number of carbonyl (C=O) groups is 1.